The lowest BCUT2D eigenvalue weighted by Crippen LogP contribution is -1.89. The molecule has 0 saturated heterocycles. The van der Waals surface area contributed by atoms with Crippen LogP contribution in [0.25, 0.3) is 62.6 Å². The maximum Gasteiger partial charge on any atom is 0.0358 e. The molecule has 0 aliphatic heterocycles. The zero-order chi connectivity index (χ0) is 28.5. The zero-order valence-electron chi connectivity index (χ0n) is 24.6. The Morgan fingerprint density at radius 3 is 1.38 bits per heavy atom. The van der Waals surface area contributed by atoms with E-state index in [-0.39, 0.29) is 0 Å². The molecule has 4 aromatic heterocycles. The lowest BCUT2D eigenvalue weighted by atomic mass is 9.89. The Bertz CT molecular complexity index is 1740. The van der Waals surface area contributed by atoms with Crippen LogP contribution in [0.15, 0.2) is 71.4 Å². The maximum absolute atomic E-state index is 2.49. The summed E-state index contributed by atoms with van der Waals surface area (Å²) in [5.41, 5.74) is 2.85. The highest BCUT2D eigenvalue weighted by Crippen LogP contribution is 2.49. The first-order chi connectivity index (χ1) is 20.7. The number of benzene rings is 3. The Morgan fingerprint density at radius 2 is 0.929 bits per heavy atom. The first-order valence-corrected chi connectivity index (χ1v) is 19.1. The maximum atomic E-state index is 2.49. The lowest BCUT2D eigenvalue weighted by molar-refractivity contribution is 0.670. The third-order valence-corrected chi connectivity index (χ3v) is 12.7. The molecule has 4 heterocycles. The molecule has 3 aromatic carbocycles. The van der Waals surface area contributed by atoms with E-state index < -0.39 is 0 Å². The molecule has 7 rings (SSSR count). The summed E-state index contributed by atoms with van der Waals surface area (Å²) in [5.74, 6) is 0. The van der Waals surface area contributed by atoms with E-state index in [1.165, 1.54) is 137 Å². The van der Waals surface area contributed by atoms with Gasteiger partial charge in [-0.05, 0) is 129 Å². The fourth-order valence-electron chi connectivity index (χ4n) is 6.41. The van der Waals surface area contributed by atoms with Crippen LogP contribution < -0.4 is 0 Å². The summed E-state index contributed by atoms with van der Waals surface area (Å²) in [6, 6.07) is 24.1. The van der Waals surface area contributed by atoms with Crippen LogP contribution in [0.4, 0.5) is 0 Å². The van der Waals surface area contributed by atoms with E-state index in [9.17, 15) is 0 Å². The summed E-state index contributed by atoms with van der Waals surface area (Å²) in [7, 11) is 0. The highest BCUT2D eigenvalue weighted by atomic mass is 32.1. The summed E-state index contributed by atoms with van der Waals surface area (Å²) < 4.78 is 2.76. The van der Waals surface area contributed by atoms with Gasteiger partial charge in [0, 0.05) is 40.0 Å². The molecule has 0 saturated carbocycles. The molecule has 0 spiro atoms. The van der Waals surface area contributed by atoms with Crippen molar-refractivity contribution < 1.29 is 0 Å². The molecule has 7 aromatic rings. The second kappa shape index (κ2) is 12.6. The van der Waals surface area contributed by atoms with Gasteiger partial charge in [-0.3, -0.25) is 0 Å². The summed E-state index contributed by atoms with van der Waals surface area (Å²) in [5, 5.41) is 12.8. The summed E-state index contributed by atoms with van der Waals surface area (Å²) >= 11 is 7.76. The Balaban J connectivity index is 1.45. The summed E-state index contributed by atoms with van der Waals surface area (Å²) in [6.07, 6.45) is 12.9. The van der Waals surface area contributed by atoms with Gasteiger partial charge in [0.05, 0.1) is 0 Å². The predicted octanol–water partition coefficient (Wildman–Crippen LogP) is 14.1. The largest absolute Gasteiger partial charge is 0.144 e. The first kappa shape index (κ1) is 28.3. The minimum absolute atomic E-state index is 1.19. The van der Waals surface area contributed by atoms with E-state index in [0.717, 1.165) is 0 Å². The molecule has 0 radical (unpaired) electrons. The topological polar surface area (TPSA) is 0 Å². The predicted molar refractivity (Wildman–Crippen MR) is 195 cm³/mol. The molecule has 0 aliphatic carbocycles. The van der Waals surface area contributed by atoms with Gasteiger partial charge in [-0.2, -0.15) is 0 Å². The van der Waals surface area contributed by atoms with Crippen molar-refractivity contribution in [2.24, 2.45) is 0 Å². The number of unbranched alkanes of at least 4 members (excludes halogenated alkanes) is 6. The molecular weight excluding hydrogens is 585 g/mol. The van der Waals surface area contributed by atoms with Crippen LogP contribution in [0, 0.1) is 0 Å². The van der Waals surface area contributed by atoms with Crippen LogP contribution in [0.1, 0.15) is 75.0 Å². The molecule has 42 heavy (non-hydrogen) atoms. The van der Waals surface area contributed by atoms with Gasteiger partial charge in [0.15, 0.2) is 0 Å². The van der Waals surface area contributed by atoms with Crippen molar-refractivity contribution in [2.75, 3.05) is 0 Å². The highest BCUT2D eigenvalue weighted by Gasteiger charge is 2.21. The van der Waals surface area contributed by atoms with Gasteiger partial charge < -0.3 is 0 Å². The van der Waals surface area contributed by atoms with Crippen LogP contribution in [-0.4, -0.2) is 0 Å². The van der Waals surface area contributed by atoms with Gasteiger partial charge >= 0.3 is 0 Å². The Morgan fingerprint density at radius 1 is 0.476 bits per heavy atom. The van der Waals surface area contributed by atoms with Crippen molar-refractivity contribution in [2.45, 2.75) is 78.1 Å². The Hall–Kier alpha value is -2.50. The molecule has 0 bridgehead atoms. The van der Waals surface area contributed by atoms with Crippen LogP contribution in [0.2, 0.25) is 0 Å². The number of fused-ring (bicyclic) bond motifs is 4. The molecule has 0 amide bonds. The monoisotopic (exact) mass is 622 g/mol. The van der Waals surface area contributed by atoms with Crippen molar-refractivity contribution in [1.29, 1.82) is 0 Å². The van der Waals surface area contributed by atoms with Gasteiger partial charge in [0.2, 0.25) is 0 Å². The number of rotatable bonds is 12. The molecular formula is C38H38S4. The van der Waals surface area contributed by atoms with E-state index in [1.54, 1.807) is 0 Å². The van der Waals surface area contributed by atoms with Crippen molar-refractivity contribution in [3.63, 3.8) is 0 Å². The molecule has 0 N–H and O–H groups in total. The standard InChI is InChI=1S/C38H38S4/c1-3-5-7-9-11-27-13-15-33(41-27)37-29-21-25-17-19-40-36(25)24-32(29)38(30-22-26-18-20-39-35(26)23-31(30)37)34-16-14-28(42-34)12-10-8-6-4-2/h13-24H,3-12H2,1-2H3. The minimum atomic E-state index is 1.19. The average molecular weight is 623 g/mol. The van der Waals surface area contributed by atoms with Crippen LogP contribution in [0.3, 0.4) is 0 Å². The number of hydrogen-bond acceptors (Lipinski definition) is 4. The summed E-state index contributed by atoms with van der Waals surface area (Å²) in [4.78, 5) is 5.86. The lowest BCUT2D eigenvalue weighted by Gasteiger charge is -2.17. The van der Waals surface area contributed by atoms with Crippen LogP contribution in [0.5, 0.6) is 0 Å². The normalized spacial score (nSPS) is 12.0. The summed E-state index contributed by atoms with van der Waals surface area (Å²) in [6.45, 7) is 4.59. The van der Waals surface area contributed by atoms with Gasteiger partial charge in [-0.25, -0.2) is 0 Å². The third-order valence-electron chi connectivity index (χ3n) is 8.63. The molecule has 0 atom stereocenters. The molecule has 214 valence electrons. The Labute approximate surface area is 265 Å². The first-order valence-electron chi connectivity index (χ1n) is 15.7. The van der Waals surface area contributed by atoms with E-state index in [1.807, 2.05) is 45.3 Å². The van der Waals surface area contributed by atoms with Crippen molar-refractivity contribution in [3.05, 3.63) is 81.2 Å². The highest BCUT2D eigenvalue weighted by molar-refractivity contribution is 7.18. The molecule has 0 aliphatic rings. The minimum Gasteiger partial charge on any atom is -0.144 e. The molecule has 0 unspecified atom stereocenters. The third kappa shape index (κ3) is 5.48. The zero-order valence-corrected chi connectivity index (χ0v) is 27.9. The average Bonchev–Trinajstić information content (AvgIpc) is 3.82. The Kier molecular flexibility index (Phi) is 8.50. The quantitative estimate of drug-likeness (QED) is 0.0939. The second-order valence-corrected chi connectivity index (χ2v) is 15.8. The van der Waals surface area contributed by atoms with E-state index in [2.05, 4.69) is 85.3 Å². The van der Waals surface area contributed by atoms with Crippen molar-refractivity contribution in [3.8, 4) is 20.9 Å². The van der Waals surface area contributed by atoms with Crippen molar-refractivity contribution in [1.82, 2.24) is 0 Å². The fraction of sp³-hybridized carbons (Fsp3) is 0.316. The van der Waals surface area contributed by atoms with E-state index >= 15 is 0 Å². The SMILES string of the molecule is CCCCCCc1ccc(-c2c3cc4ccsc4cc3c(-c3ccc(CCCCCC)s3)c3cc4ccsc4cc23)s1. The molecule has 0 fully saturated rings. The van der Waals surface area contributed by atoms with Crippen molar-refractivity contribution >= 4 is 87.1 Å². The van der Waals surface area contributed by atoms with Crippen LogP contribution >= 0.6 is 45.3 Å². The smallest absolute Gasteiger partial charge is 0.0358 e. The van der Waals surface area contributed by atoms with Gasteiger partial charge in [0.25, 0.3) is 0 Å². The van der Waals surface area contributed by atoms with Gasteiger partial charge in [-0.1, -0.05) is 52.4 Å². The number of hydrogen-bond donors (Lipinski definition) is 0. The number of thiophene rings is 4. The van der Waals surface area contributed by atoms with E-state index in [4.69, 9.17) is 0 Å². The fourth-order valence-corrected chi connectivity index (χ4v) is 10.3. The molecule has 4 heteroatoms. The van der Waals surface area contributed by atoms with Gasteiger partial charge in [0.1, 0.15) is 0 Å². The van der Waals surface area contributed by atoms with Crippen LogP contribution in [-0.2, 0) is 12.8 Å². The van der Waals surface area contributed by atoms with Gasteiger partial charge in [-0.15, -0.1) is 45.3 Å². The molecule has 0 nitrogen and oxygen atoms in total. The number of aryl methyl sites for hydroxylation is 2. The second-order valence-electron chi connectivity index (χ2n) is 11.6. The van der Waals surface area contributed by atoms with E-state index in [0.29, 0.717) is 0 Å².